The molecule has 1 aromatic heterocycles. The van der Waals surface area contributed by atoms with Crippen molar-refractivity contribution >= 4 is 16.7 Å². The highest BCUT2D eigenvalue weighted by molar-refractivity contribution is 5.96. The molecule has 0 spiro atoms. The van der Waals surface area contributed by atoms with Gasteiger partial charge in [0.05, 0.1) is 6.61 Å². The first-order valence-corrected chi connectivity index (χ1v) is 10.8. The Morgan fingerprint density at radius 1 is 1.10 bits per heavy atom. The lowest BCUT2D eigenvalue weighted by Crippen LogP contribution is -2.39. The van der Waals surface area contributed by atoms with E-state index in [-0.39, 0.29) is 11.5 Å². The monoisotopic (exact) mass is 404 g/mol. The lowest BCUT2D eigenvalue weighted by Gasteiger charge is -2.32. The first-order chi connectivity index (χ1) is 14.6. The van der Waals surface area contributed by atoms with Gasteiger partial charge in [-0.05, 0) is 73.7 Å². The Hall–Kier alpha value is -3.08. The van der Waals surface area contributed by atoms with Crippen molar-refractivity contribution in [3.05, 3.63) is 76.2 Å². The average Bonchev–Trinajstić information content (AvgIpc) is 2.79. The number of rotatable bonds is 6. The minimum absolute atomic E-state index is 0.0807. The van der Waals surface area contributed by atoms with Gasteiger partial charge in [0, 0.05) is 18.5 Å². The second kappa shape index (κ2) is 9.16. The molecule has 30 heavy (non-hydrogen) atoms. The molecule has 1 saturated heterocycles. The van der Waals surface area contributed by atoms with E-state index in [1.54, 1.807) is 12.1 Å². The highest BCUT2D eigenvalue weighted by Crippen LogP contribution is 2.24. The molecule has 0 unspecified atom stereocenters. The van der Waals surface area contributed by atoms with Gasteiger partial charge in [0.25, 0.3) is 11.5 Å². The van der Waals surface area contributed by atoms with E-state index in [0.717, 1.165) is 49.9 Å². The number of aromatic nitrogens is 1. The van der Waals surface area contributed by atoms with Gasteiger partial charge < -0.3 is 14.6 Å². The molecule has 1 fully saturated rings. The van der Waals surface area contributed by atoms with Crippen LogP contribution in [0.1, 0.15) is 42.2 Å². The van der Waals surface area contributed by atoms with Crippen molar-refractivity contribution in [3.63, 3.8) is 0 Å². The van der Waals surface area contributed by atoms with Gasteiger partial charge in [-0.2, -0.15) is 0 Å². The zero-order valence-corrected chi connectivity index (χ0v) is 17.4. The number of benzene rings is 2. The van der Waals surface area contributed by atoms with E-state index in [9.17, 15) is 9.59 Å². The molecule has 5 heteroatoms. The maximum absolute atomic E-state index is 12.9. The number of hydrogen-bond donors (Lipinski definition) is 1. The van der Waals surface area contributed by atoms with Gasteiger partial charge in [0.1, 0.15) is 11.4 Å². The number of ether oxygens (including phenoxy) is 1. The molecule has 1 N–H and O–H groups in total. The molecule has 0 radical (unpaired) electrons. The zero-order chi connectivity index (χ0) is 20.9. The lowest BCUT2D eigenvalue weighted by atomic mass is 9.90. The number of hydrogen-bond acceptors (Lipinski definition) is 3. The van der Waals surface area contributed by atoms with Crippen LogP contribution in [0.5, 0.6) is 5.75 Å². The Kier molecular flexibility index (Phi) is 6.17. The van der Waals surface area contributed by atoms with Gasteiger partial charge in [-0.3, -0.25) is 9.59 Å². The first kappa shape index (κ1) is 20.2. The van der Waals surface area contributed by atoms with Gasteiger partial charge in [-0.25, -0.2) is 0 Å². The van der Waals surface area contributed by atoms with Crippen molar-refractivity contribution in [2.45, 2.75) is 32.6 Å². The highest BCUT2D eigenvalue weighted by atomic mass is 16.5. The Morgan fingerprint density at radius 3 is 2.57 bits per heavy atom. The molecule has 1 aliphatic heterocycles. The molecular formula is C25H28N2O3. The van der Waals surface area contributed by atoms with Crippen LogP contribution in [0, 0.1) is 5.92 Å². The Morgan fingerprint density at radius 2 is 1.83 bits per heavy atom. The number of piperidine rings is 1. The Labute approximate surface area is 176 Å². The van der Waals surface area contributed by atoms with Crippen LogP contribution < -0.4 is 10.3 Å². The number of likely N-dealkylation sites (tertiary alicyclic amines) is 1. The van der Waals surface area contributed by atoms with Crippen LogP contribution in [0.15, 0.2) is 59.4 Å². The minimum atomic E-state index is -0.207. The van der Waals surface area contributed by atoms with Crippen LogP contribution in [0.3, 0.4) is 0 Å². The van der Waals surface area contributed by atoms with Crippen LogP contribution in [0.4, 0.5) is 0 Å². The Balaban J connectivity index is 1.32. The molecular weight excluding hydrogens is 376 g/mol. The van der Waals surface area contributed by atoms with Gasteiger partial charge in [-0.1, -0.05) is 30.3 Å². The van der Waals surface area contributed by atoms with E-state index in [0.29, 0.717) is 23.6 Å². The number of pyridine rings is 1. The highest BCUT2D eigenvalue weighted by Gasteiger charge is 2.24. The summed E-state index contributed by atoms with van der Waals surface area (Å²) in [4.78, 5) is 29.8. The maximum atomic E-state index is 12.9. The van der Waals surface area contributed by atoms with Gasteiger partial charge in [-0.15, -0.1) is 0 Å². The summed E-state index contributed by atoms with van der Waals surface area (Å²) in [5, 5.41) is 1.41. The molecule has 156 valence electrons. The second-order valence-electron chi connectivity index (χ2n) is 7.95. The van der Waals surface area contributed by atoms with Crippen LogP contribution in [-0.2, 0) is 6.42 Å². The summed E-state index contributed by atoms with van der Waals surface area (Å²) in [6.07, 6.45) is 4.17. The fourth-order valence-corrected chi connectivity index (χ4v) is 4.21. The molecule has 4 rings (SSSR count). The molecule has 1 aliphatic rings. The molecule has 5 nitrogen and oxygen atoms in total. The van der Waals surface area contributed by atoms with Crippen LogP contribution in [0.2, 0.25) is 0 Å². The number of carbonyl (C=O) groups excluding carboxylic acids is 1. The van der Waals surface area contributed by atoms with E-state index in [4.69, 9.17) is 4.74 Å². The Bertz CT molecular complexity index is 1060. The predicted molar refractivity (Wildman–Crippen MR) is 119 cm³/mol. The van der Waals surface area contributed by atoms with Crippen molar-refractivity contribution in [1.29, 1.82) is 0 Å². The third-order valence-corrected chi connectivity index (χ3v) is 5.96. The molecule has 2 heterocycles. The molecule has 0 aliphatic carbocycles. The van der Waals surface area contributed by atoms with E-state index in [1.807, 2.05) is 42.2 Å². The minimum Gasteiger partial charge on any atom is -0.494 e. The number of fused-ring (bicyclic) bond motifs is 1. The van der Waals surface area contributed by atoms with Gasteiger partial charge >= 0.3 is 0 Å². The molecule has 0 atom stereocenters. The van der Waals surface area contributed by atoms with Crippen molar-refractivity contribution in [1.82, 2.24) is 9.88 Å². The maximum Gasteiger partial charge on any atom is 0.270 e. The van der Waals surface area contributed by atoms with E-state index in [1.165, 1.54) is 5.56 Å². The quantitative estimate of drug-likeness (QED) is 0.662. The second-order valence-corrected chi connectivity index (χ2v) is 7.95. The molecule has 1 amide bonds. The normalized spacial score (nSPS) is 14.8. The molecule has 2 aromatic carbocycles. The number of aryl methyl sites for hydroxylation is 1. The first-order valence-electron chi connectivity index (χ1n) is 10.8. The average molecular weight is 405 g/mol. The summed E-state index contributed by atoms with van der Waals surface area (Å²) in [6.45, 7) is 4.15. The number of amides is 1. The summed E-state index contributed by atoms with van der Waals surface area (Å²) in [5.41, 5.74) is 1.50. The van der Waals surface area contributed by atoms with Crippen LogP contribution in [-0.4, -0.2) is 35.5 Å². The van der Waals surface area contributed by atoms with Crippen LogP contribution >= 0.6 is 0 Å². The standard InChI is InChI=1S/C25H28N2O3/c1-2-30-21-11-9-18(10-12-21)7-8-19-13-15-27(16-14-19)25(29)23-17-20-5-3-4-6-22(20)24(28)26-23/h3-6,9-12,17,19H,2,7-8,13-16H2,1H3,(H,26,28). The number of nitrogens with zero attached hydrogens (tertiary/aromatic N) is 1. The smallest absolute Gasteiger partial charge is 0.270 e. The fraction of sp³-hybridized carbons (Fsp3) is 0.360. The zero-order valence-electron chi connectivity index (χ0n) is 17.4. The third kappa shape index (κ3) is 4.56. The summed E-state index contributed by atoms with van der Waals surface area (Å²) in [5.74, 6) is 1.46. The van der Waals surface area contributed by atoms with E-state index >= 15 is 0 Å². The largest absolute Gasteiger partial charge is 0.494 e. The number of carbonyl (C=O) groups is 1. The van der Waals surface area contributed by atoms with E-state index < -0.39 is 0 Å². The summed E-state index contributed by atoms with van der Waals surface area (Å²) >= 11 is 0. The molecule has 0 bridgehead atoms. The summed E-state index contributed by atoms with van der Waals surface area (Å²) in [7, 11) is 0. The number of nitrogens with one attached hydrogen (secondary N) is 1. The number of aromatic amines is 1. The fourth-order valence-electron chi connectivity index (χ4n) is 4.21. The van der Waals surface area contributed by atoms with Crippen molar-refractivity contribution in [3.8, 4) is 5.75 Å². The van der Waals surface area contributed by atoms with E-state index in [2.05, 4.69) is 17.1 Å². The van der Waals surface area contributed by atoms with Crippen LogP contribution in [0.25, 0.3) is 10.8 Å². The number of H-pyrrole nitrogens is 1. The van der Waals surface area contributed by atoms with Crippen molar-refractivity contribution in [2.24, 2.45) is 5.92 Å². The van der Waals surface area contributed by atoms with Crippen molar-refractivity contribution in [2.75, 3.05) is 19.7 Å². The predicted octanol–water partition coefficient (Wildman–Crippen LogP) is 4.41. The lowest BCUT2D eigenvalue weighted by molar-refractivity contribution is 0.0681. The summed E-state index contributed by atoms with van der Waals surface area (Å²) in [6, 6.07) is 17.5. The SMILES string of the molecule is CCOc1ccc(CCC2CCN(C(=O)c3cc4ccccc4c(=O)[nH]3)CC2)cc1. The molecule has 0 saturated carbocycles. The summed E-state index contributed by atoms with van der Waals surface area (Å²) < 4.78 is 5.50. The topological polar surface area (TPSA) is 62.4 Å². The van der Waals surface area contributed by atoms with Gasteiger partial charge in [0.2, 0.25) is 0 Å². The van der Waals surface area contributed by atoms with Gasteiger partial charge in [0.15, 0.2) is 0 Å². The molecule has 3 aromatic rings. The van der Waals surface area contributed by atoms with Crippen molar-refractivity contribution < 1.29 is 9.53 Å². The third-order valence-electron chi connectivity index (χ3n) is 5.96.